The van der Waals surface area contributed by atoms with Crippen molar-refractivity contribution in [2.75, 3.05) is 13.7 Å². The normalized spacial score (nSPS) is 11.5. The Bertz CT molecular complexity index is 685. The van der Waals surface area contributed by atoms with Gasteiger partial charge in [-0.2, -0.15) is 0 Å². The number of methoxy groups -OCH3 is 1. The lowest BCUT2D eigenvalue weighted by molar-refractivity contribution is 0.401. The minimum Gasteiger partial charge on any atom is -0.495 e. The minimum atomic E-state index is -3.62. The van der Waals surface area contributed by atoms with Crippen molar-refractivity contribution in [2.24, 2.45) is 5.73 Å². The summed E-state index contributed by atoms with van der Waals surface area (Å²) < 4.78 is 32.3. The molecule has 1 aromatic carbocycles. The standard InChI is InChI=1S/C13H17N3O3S2/c1-19-12-6-10(7-14)2-3-13(12)21(17,18)16-5-4-11-8-20-9-15-11/h2-3,6,8-9,16H,4-5,7,14H2,1H3. The first kappa shape index (κ1) is 15.9. The molecule has 0 fully saturated rings. The fraction of sp³-hybridized carbons (Fsp3) is 0.308. The van der Waals surface area contributed by atoms with E-state index in [9.17, 15) is 8.42 Å². The molecule has 0 aliphatic rings. The van der Waals surface area contributed by atoms with E-state index in [0.717, 1.165) is 11.3 Å². The zero-order valence-electron chi connectivity index (χ0n) is 11.6. The molecule has 0 atom stereocenters. The zero-order valence-corrected chi connectivity index (χ0v) is 13.2. The second-order valence-electron chi connectivity index (χ2n) is 4.32. The average molecular weight is 327 g/mol. The highest BCUT2D eigenvalue weighted by Crippen LogP contribution is 2.24. The summed E-state index contributed by atoms with van der Waals surface area (Å²) >= 11 is 1.48. The number of benzene rings is 1. The van der Waals surface area contributed by atoms with Crippen molar-refractivity contribution in [3.63, 3.8) is 0 Å². The summed E-state index contributed by atoms with van der Waals surface area (Å²) in [4.78, 5) is 4.22. The van der Waals surface area contributed by atoms with E-state index >= 15 is 0 Å². The number of nitrogens with one attached hydrogen (secondary N) is 1. The van der Waals surface area contributed by atoms with Crippen molar-refractivity contribution in [3.8, 4) is 5.75 Å². The minimum absolute atomic E-state index is 0.112. The van der Waals surface area contributed by atoms with Crippen molar-refractivity contribution in [3.05, 3.63) is 40.3 Å². The third-order valence-electron chi connectivity index (χ3n) is 2.91. The van der Waals surface area contributed by atoms with Gasteiger partial charge in [0.15, 0.2) is 0 Å². The molecule has 3 N–H and O–H groups in total. The van der Waals surface area contributed by atoms with Gasteiger partial charge in [0.1, 0.15) is 10.6 Å². The highest BCUT2D eigenvalue weighted by atomic mass is 32.2. The molecule has 0 unspecified atom stereocenters. The molecule has 0 bridgehead atoms. The lowest BCUT2D eigenvalue weighted by atomic mass is 10.2. The number of ether oxygens (including phenoxy) is 1. The molecule has 2 rings (SSSR count). The van der Waals surface area contributed by atoms with Crippen LogP contribution in [0.15, 0.2) is 34.0 Å². The van der Waals surface area contributed by atoms with E-state index < -0.39 is 10.0 Å². The van der Waals surface area contributed by atoms with Gasteiger partial charge in [0.05, 0.1) is 18.3 Å². The Balaban J connectivity index is 2.11. The van der Waals surface area contributed by atoms with Crippen LogP contribution < -0.4 is 15.2 Å². The van der Waals surface area contributed by atoms with Gasteiger partial charge in [-0.1, -0.05) is 6.07 Å². The van der Waals surface area contributed by atoms with Gasteiger partial charge in [0, 0.05) is 24.9 Å². The second kappa shape index (κ2) is 6.99. The number of sulfonamides is 1. The van der Waals surface area contributed by atoms with Gasteiger partial charge in [-0.25, -0.2) is 18.1 Å². The predicted octanol–water partition coefficient (Wildman–Crippen LogP) is 1.13. The fourth-order valence-electron chi connectivity index (χ4n) is 1.81. The van der Waals surface area contributed by atoms with Gasteiger partial charge < -0.3 is 10.5 Å². The van der Waals surface area contributed by atoms with Crippen LogP contribution in [0.1, 0.15) is 11.3 Å². The van der Waals surface area contributed by atoms with Crippen LogP contribution >= 0.6 is 11.3 Å². The largest absolute Gasteiger partial charge is 0.495 e. The average Bonchev–Trinajstić information content (AvgIpc) is 2.99. The molecular weight excluding hydrogens is 310 g/mol. The molecule has 114 valence electrons. The summed E-state index contributed by atoms with van der Waals surface area (Å²) in [5.74, 6) is 0.291. The van der Waals surface area contributed by atoms with E-state index in [1.165, 1.54) is 24.5 Å². The summed E-state index contributed by atoms with van der Waals surface area (Å²) in [5, 5.41) is 1.89. The summed E-state index contributed by atoms with van der Waals surface area (Å²) in [5.41, 5.74) is 8.94. The molecule has 1 aromatic heterocycles. The number of thiazole rings is 1. The van der Waals surface area contributed by atoms with Crippen LogP contribution in [-0.4, -0.2) is 27.1 Å². The molecule has 2 aromatic rings. The van der Waals surface area contributed by atoms with E-state index in [4.69, 9.17) is 10.5 Å². The predicted molar refractivity (Wildman–Crippen MR) is 81.9 cm³/mol. The maximum absolute atomic E-state index is 12.3. The van der Waals surface area contributed by atoms with Crippen LogP contribution in [0.4, 0.5) is 0 Å². The third-order valence-corrected chi connectivity index (χ3v) is 5.05. The molecule has 0 aliphatic heterocycles. The Morgan fingerprint density at radius 3 is 2.86 bits per heavy atom. The van der Waals surface area contributed by atoms with Gasteiger partial charge in [0.2, 0.25) is 10.0 Å². The quantitative estimate of drug-likeness (QED) is 0.795. The van der Waals surface area contributed by atoms with Gasteiger partial charge in [0.25, 0.3) is 0 Å². The number of rotatable bonds is 7. The Kier molecular flexibility index (Phi) is 5.29. The van der Waals surface area contributed by atoms with Gasteiger partial charge in [-0.15, -0.1) is 11.3 Å². The van der Waals surface area contributed by atoms with Crippen LogP contribution in [0.2, 0.25) is 0 Å². The van der Waals surface area contributed by atoms with E-state index in [-0.39, 0.29) is 11.4 Å². The number of nitrogens with two attached hydrogens (primary N) is 1. The summed E-state index contributed by atoms with van der Waals surface area (Å²) in [6.07, 6.45) is 0.548. The molecule has 6 nitrogen and oxygen atoms in total. The summed E-state index contributed by atoms with van der Waals surface area (Å²) in [6, 6.07) is 4.82. The zero-order chi connectivity index (χ0) is 15.3. The lowest BCUT2D eigenvalue weighted by Gasteiger charge is -2.11. The Labute approximate surface area is 128 Å². The van der Waals surface area contributed by atoms with Crippen molar-refractivity contribution in [1.82, 2.24) is 9.71 Å². The first-order valence-electron chi connectivity index (χ1n) is 6.30. The third kappa shape index (κ3) is 4.01. The smallest absolute Gasteiger partial charge is 0.244 e. The Morgan fingerprint density at radius 2 is 2.24 bits per heavy atom. The van der Waals surface area contributed by atoms with Crippen LogP contribution in [0.3, 0.4) is 0 Å². The molecule has 0 radical (unpaired) electrons. The first-order chi connectivity index (χ1) is 10.1. The van der Waals surface area contributed by atoms with Crippen molar-refractivity contribution >= 4 is 21.4 Å². The highest BCUT2D eigenvalue weighted by Gasteiger charge is 2.19. The molecule has 0 spiro atoms. The highest BCUT2D eigenvalue weighted by molar-refractivity contribution is 7.89. The summed E-state index contributed by atoms with van der Waals surface area (Å²) in [7, 11) is -2.19. The summed E-state index contributed by atoms with van der Waals surface area (Å²) in [6.45, 7) is 0.613. The second-order valence-corrected chi connectivity index (χ2v) is 6.77. The maximum Gasteiger partial charge on any atom is 0.244 e. The number of aromatic nitrogens is 1. The van der Waals surface area contributed by atoms with Crippen LogP contribution in [0.25, 0.3) is 0 Å². The van der Waals surface area contributed by atoms with E-state index in [1.807, 2.05) is 5.38 Å². The van der Waals surface area contributed by atoms with E-state index in [1.54, 1.807) is 17.6 Å². The molecule has 8 heteroatoms. The van der Waals surface area contributed by atoms with E-state index in [2.05, 4.69) is 9.71 Å². The van der Waals surface area contributed by atoms with Crippen LogP contribution in [-0.2, 0) is 23.0 Å². The molecule has 0 amide bonds. The van der Waals surface area contributed by atoms with Gasteiger partial charge in [-0.3, -0.25) is 0 Å². The molecular formula is C13H17N3O3S2. The van der Waals surface area contributed by atoms with Crippen molar-refractivity contribution < 1.29 is 13.2 Å². The Morgan fingerprint density at radius 1 is 1.43 bits per heavy atom. The monoisotopic (exact) mass is 327 g/mol. The number of hydrogen-bond acceptors (Lipinski definition) is 6. The maximum atomic E-state index is 12.3. The molecule has 1 heterocycles. The lowest BCUT2D eigenvalue weighted by Crippen LogP contribution is -2.26. The fourth-order valence-corrected chi connectivity index (χ4v) is 3.59. The number of nitrogens with zero attached hydrogens (tertiary/aromatic N) is 1. The molecule has 0 aliphatic carbocycles. The SMILES string of the molecule is COc1cc(CN)ccc1S(=O)(=O)NCCc1cscn1. The Hall–Kier alpha value is -1.48. The van der Waals surface area contributed by atoms with Crippen molar-refractivity contribution in [1.29, 1.82) is 0 Å². The molecule has 0 saturated heterocycles. The van der Waals surface area contributed by atoms with Crippen molar-refractivity contribution in [2.45, 2.75) is 17.9 Å². The van der Waals surface area contributed by atoms with Gasteiger partial charge in [-0.05, 0) is 17.7 Å². The van der Waals surface area contributed by atoms with Crippen LogP contribution in [0.5, 0.6) is 5.75 Å². The molecule has 0 saturated carbocycles. The van der Waals surface area contributed by atoms with E-state index in [0.29, 0.717) is 18.7 Å². The number of hydrogen-bond donors (Lipinski definition) is 2. The first-order valence-corrected chi connectivity index (χ1v) is 8.73. The van der Waals surface area contributed by atoms with Crippen LogP contribution in [0, 0.1) is 0 Å². The molecule has 21 heavy (non-hydrogen) atoms. The topological polar surface area (TPSA) is 94.3 Å². The van der Waals surface area contributed by atoms with Gasteiger partial charge >= 0.3 is 0 Å².